The van der Waals surface area contributed by atoms with Gasteiger partial charge in [0.25, 0.3) is 0 Å². The van der Waals surface area contributed by atoms with Crippen LogP contribution in [0.5, 0.6) is 0 Å². The Bertz CT molecular complexity index is 432. The van der Waals surface area contributed by atoms with Crippen LogP contribution in [0.2, 0.25) is 0 Å². The molecule has 0 unspecified atom stereocenters. The van der Waals surface area contributed by atoms with Crippen LogP contribution in [-0.2, 0) is 4.79 Å². The van der Waals surface area contributed by atoms with E-state index < -0.39 is 18.2 Å². The number of unbranched alkanes of at least 4 members (excludes halogenated alkanes) is 18. The van der Waals surface area contributed by atoms with Crippen molar-refractivity contribution in [3.8, 4) is 0 Å². The molecule has 0 aromatic heterocycles. The fourth-order valence-corrected chi connectivity index (χ4v) is 4.57. The molecule has 0 rings (SSSR count). The van der Waals surface area contributed by atoms with Crippen LogP contribution < -0.4 is 5.32 Å². The molecule has 0 aliphatic heterocycles. The Morgan fingerprint density at radius 3 is 1.41 bits per heavy atom. The van der Waals surface area contributed by atoms with E-state index >= 15 is 0 Å². The summed E-state index contributed by atoms with van der Waals surface area (Å²) in [4.78, 5) is 12.2. The Kier molecular flexibility index (Phi) is 25.0. The van der Waals surface area contributed by atoms with Gasteiger partial charge >= 0.3 is 0 Å². The van der Waals surface area contributed by atoms with Gasteiger partial charge in [-0.2, -0.15) is 0 Å². The maximum Gasteiger partial charge on any atom is 0.220 e. The lowest BCUT2D eigenvalue weighted by Crippen LogP contribution is -2.50. The van der Waals surface area contributed by atoms with Crippen LogP contribution in [0.25, 0.3) is 0 Å². The summed E-state index contributed by atoms with van der Waals surface area (Å²) < 4.78 is 0. The Morgan fingerprint density at radius 2 is 1.00 bits per heavy atom. The van der Waals surface area contributed by atoms with Crippen molar-refractivity contribution in [3.63, 3.8) is 0 Å². The lowest BCUT2D eigenvalue weighted by molar-refractivity contribution is -0.124. The quantitative estimate of drug-likeness (QED) is 0.101. The molecule has 0 aliphatic rings. The second kappa shape index (κ2) is 25.4. The highest BCUT2D eigenvalue weighted by molar-refractivity contribution is 5.76. The summed E-state index contributed by atoms with van der Waals surface area (Å²) in [5, 5.41) is 33.0. The van der Waals surface area contributed by atoms with E-state index in [9.17, 15) is 20.1 Å². The van der Waals surface area contributed by atoms with E-state index in [1.165, 1.54) is 89.9 Å². The molecule has 34 heavy (non-hydrogen) atoms. The predicted molar refractivity (Wildman–Crippen MR) is 144 cm³/mol. The van der Waals surface area contributed by atoms with Crippen molar-refractivity contribution >= 4 is 5.91 Å². The minimum absolute atomic E-state index is 0.151. The molecule has 0 heterocycles. The van der Waals surface area contributed by atoms with Gasteiger partial charge in [-0.15, -0.1) is 0 Å². The zero-order chi connectivity index (χ0) is 25.3. The Balaban J connectivity index is 3.75. The number of hydrogen-bond donors (Lipinski definition) is 4. The fourth-order valence-electron chi connectivity index (χ4n) is 4.57. The van der Waals surface area contributed by atoms with Crippen molar-refractivity contribution in [1.29, 1.82) is 0 Å². The van der Waals surface area contributed by atoms with E-state index in [4.69, 9.17) is 0 Å². The number of aliphatic hydroxyl groups is 3. The lowest BCUT2D eigenvalue weighted by Gasteiger charge is -2.26. The van der Waals surface area contributed by atoms with Crippen molar-refractivity contribution in [3.05, 3.63) is 0 Å². The second-order valence-corrected chi connectivity index (χ2v) is 10.3. The molecule has 5 nitrogen and oxygen atoms in total. The van der Waals surface area contributed by atoms with Gasteiger partial charge in [-0.25, -0.2) is 0 Å². The summed E-state index contributed by atoms with van der Waals surface area (Å²) in [6.45, 7) is 4.11. The highest BCUT2D eigenvalue weighted by Gasteiger charge is 2.26. The van der Waals surface area contributed by atoms with Gasteiger partial charge in [0.2, 0.25) is 5.91 Å². The number of amides is 1. The summed E-state index contributed by atoms with van der Waals surface area (Å²) >= 11 is 0. The highest BCUT2D eigenvalue weighted by Crippen LogP contribution is 2.15. The van der Waals surface area contributed by atoms with Gasteiger partial charge in [-0.1, -0.05) is 136 Å². The lowest BCUT2D eigenvalue weighted by atomic mass is 9.99. The Morgan fingerprint density at radius 1 is 0.618 bits per heavy atom. The van der Waals surface area contributed by atoms with Crippen LogP contribution in [0.4, 0.5) is 0 Å². The van der Waals surface area contributed by atoms with Crippen LogP contribution in [0.3, 0.4) is 0 Å². The topological polar surface area (TPSA) is 89.8 Å². The van der Waals surface area contributed by atoms with Gasteiger partial charge in [-0.3, -0.25) is 4.79 Å². The molecule has 0 fully saturated rings. The molecule has 0 spiro atoms. The van der Waals surface area contributed by atoms with Gasteiger partial charge in [0.05, 0.1) is 18.8 Å². The normalized spacial score (nSPS) is 14.1. The molecule has 0 aromatic carbocycles. The monoisotopic (exact) mass is 485 g/mol. The number of aliphatic hydroxyl groups excluding tert-OH is 3. The number of rotatable bonds is 26. The first-order chi connectivity index (χ1) is 16.6. The smallest absolute Gasteiger partial charge is 0.220 e. The average Bonchev–Trinajstić information content (AvgIpc) is 2.84. The molecule has 4 N–H and O–H groups in total. The standard InChI is InChI=1S/C29H59NO4/c1-3-5-7-9-11-13-14-15-16-17-19-21-23-27(32)29(34)26(25-31)30-28(33)24-22-20-18-12-10-8-6-4-2/h26-27,29,31-32,34H,3-25H2,1-2H3,(H,30,33)/t26-,27-,29+/m0/s1. The zero-order valence-corrected chi connectivity index (χ0v) is 22.7. The first-order valence-electron chi connectivity index (χ1n) is 14.8. The van der Waals surface area contributed by atoms with Gasteiger partial charge in [0, 0.05) is 6.42 Å². The molecular formula is C29H59NO4. The molecule has 0 aromatic rings. The van der Waals surface area contributed by atoms with E-state index in [0.29, 0.717) is 12.8 Å². The van der Waals surface area contributed by atoms with Crippen molar-refractivity contribution < 1.29 is 20.1 Å². The molecule has 3 atom stereocenters. The Labute approximate surface area is 211 Å². The first kappa shape index (κ1) is 33.4. The van der Waals surface area contributed by atoms with E-state index in [1.807, 2.05) is 0 Å². The van der Waals surface area contributed by atoms with Crippen LogP contribution in [0.15, 0.2) is 0 Å². The number of nitrogens with one attached hydrogen (secondary N) is 1. The molecule has 0 aliphatic carbocycles. The van der Waals surface area contributed by atoms with E-state index in [0.717, 1.165) is 38.5 Å². The molecule has 0 radical (unpaired) electrons. The minimum Gasteiger partial charge on any atom is -0.394 e. The number of carbonyl (C=O) groups is 1. The Hall–Kier alpha value is -0.650. The maximum atomic E-state index is 12.2. The van der Waals surface area contributed by atoms with Crippen molar-refractivity contribution in [1.82, 2.24) is 5.32 Å². The van der Waals surface area contributed by atoms with Crippen LogP contribution >= 0.6 is 0 Å². The van der Waals surface area contributed by atoms with Crippen molar-refractivity contribution in [2.75, 3.05) is 6.61 Å². The fraction of sp³-hybridized carbons (Fsp3) is 0.966. The summed E-state index contributed by atoms with van der Waals surface area (Å²) in [5.41, 5.74) is 0. The predicted octanol–water partition coefficient (Wildman–Crippen LogP) is 6.81. The van der Waals surface area contributed by atoms with Gasteiger partial charge < -0.3 is 20.6 Å². The molecule has 0 saturated heterocycles. The minimum atomic E-state index is -1.12. The van der Waals surface area contributed by atoms with Crippen LogP contribution in [-0.4, -0.2) is 46.1 Å². The summed E-state index contributed by atoms with van der Waals surface area (Å²) in [5.74, 6) is -0.151. The molecule has 0 bridgehead atoms. The third-order valence-electron chi connectivity index (χ3n) is 6.96. The first-order valence-corrected chi connectivity index (χ1v) is 14.8. The van der Waals surface area contributed by atoms with Crippen LogP contribution in [0, 0.1) is 0 Å². The maximum absolute atomic E-state index is 12.2. The van der Waals surface area contributed by atoms with Crippen LogP contribution in [0.1, 0.15) is 155 Å². The molecule has 5 heteroatoms. The van der Waals surface area contributed by atoms with Crippen molar-refractivity contribution in [2.45, 2.75) is 173 Å². The third-order valence-corrected chi connectivity index (χ3v) is 6.96. The molecule has 0 saturated carbocycles. The summed E-state index contributed by atoms with van der Waals surface area (Å²) in [6.07, 6.45) is 23.3. The summed E-state index contributed by atoms with van der Waals surface area (Å²) in [6, 6.07) is -0.797. The largest absolute Gasteiger partial charge is 0.394 e. The van der Waals surface area contributed by atoms with Gasteiger partial charge in [0.1, 0.15) is 6.10 Å². The number of hydrogen-bond acceptors (Lipinski definition) is 4. The number of carbonyl (C=O) groups excluding carboxylic acids is 1. The summed E-state index contributed by atoms with van der Waals surface area (Å²) in [7, 11) is 0. The second-order valence-electron chi connectivity index (χ2n) is 10.3. The molecular weight excluding hydrogens is 426 g/mol. The zero-order valence-electron chi connectivity index (χ0n) is 22.7. The van der Waals surface area contributed by atoms with Crippen molar-refractivity contribution in [2.24, 2.45) is 0 Å². The van der Waals surface area contributed by atoms with Gasteiger partial charge in [-0.05, 0) is 12.8 Å². The SMILES string of the molecule is CCCCCCCCCCCCCC[C@H](O)[C@H](O)[C@H](CO)NC(=O)CCCCCCCCCC. The van der Waals surface area contributed by atoms with Gasteiger partial charge in [0.15, 0.2) is 0 Å². The van der Waals surface area contributed by atoms with E-state index in [2.05, 4.69) is 19.2 Å². The third kappa shape index (κ3) is 20.7. The van der Waals surface area contributed by atoms with E-state index in [1.54, 1.807) is 0 Å². The van der Waals surface area contributed by atoms with E-state index in [-0.39, 0.29) is 12.5 Å². The molecule has 204 valence electrons. The molecule has 1 amide bonds. The highest BCUT2D eigenvalue weighted by atomic mass is 16.3. The average molecular weight is 486 g/mol.